The van der Waals surface area contributed by atoms with Gasteiger partial charge in [-0.05, 0) is 38.1 Å². The molecule has 0 fully saturated rings. The predicted molar refractivity (Wildman–Crippen MR) is 80.5 cm³/mol. The van der Waals surface area contributed by atoms with Crippen molar-refractivity contribution in [1.82, 2.24) is 5.32 Å². The van der Waals surface area contributed by atoms with E-state index in [9.17, 15) is 0 Å². The molecule has 2 rings (SSSR count). The molecule has 1 atom stereocenters. The summed E-state index contributed by atoms with van der Waals surface area (Å²) in [6.45, 7) is 7.00. The van der Waals surface area contributed by atoms with Gasteiger partial charge in [-0.2, -0.15) is 0 Å². The van der Waals surface area contributed by atoms with Gasteiger partial charge in [-0.3, -0.25) is 0 Å². The maximum atomic E-state index is 5.71. The Kier molecular flexibility index (Phi) is 5.86. The number of fused-ring (bicyclic) bond motifs is 1. The number of benzene rings is 1. The van der Waals surface area contributed by atoms with E-state index in [1.54, 1.807) is 0 Å². The summed E-state index contributed by atoms with van der Waals surface area (Å²) in [7, 11) is 0. The van der Waals surface area contributed by atoms with E-state index >= 15 is 0 Å². The molecule has 0 saturated carbocycles. The van der Waals surface area contributed by atoms with Crippen molar-refractivity contribution >= 4 is 11.8 Å². The maximum Gasteiger partial charge on any atom is 0.162 e. The fraction of sp³-hybridized carbons (Fsp3) is 0.600. The van der Waals surface area contributed by atoms with Crippen molar-refractivity contribution in [2.24, 2.45) is 0 Å². The fourth-order valence-electron chi connectivity index (χ4n) is 1.90. The Morgan fingerprint density at radius 2 is 2.05 bits per heavy atom. The van der Waals surface area contributed by atoms with Crippen molar-refractivity contribution in [2.45, 2.75) is 37.6 Å². The molecule has 0 aromatic heterocycles. The molecule has 0 amide bonds. The molecule has 1 unspecified atom stereocenters. The average molecular weight is 281 g/mol. The minimum Gasteiger partial charge on any atom is -0.490 e. The van der Waals surface area contributed by atoms with Crippen LogP contribution in [-0.4, -0.2) is 31.6 Å². The topological polar surface area (TPSA) is 30.5 Å². The highest BCUT2D eigenvalue weighted by Gasteiger charge is 2.11. The van der Waals surface area contributed by atoms with Crippen LogP contribution in [0.15, 0.2) is 23.1 Å². The second-order valence-corrected chi connectivity index (χ2v) is 5.92. The van der Waals surface area contributed by atoms with E-state index < -0.39 is 0 Å². The molecular weight excluding hydrogens is 258 g/mol. The van der Waals surface area contributed by atoms with Gasteiger partial charge in [0.2, 0.25) is 0 Å². The Hall–Kier alpha value is -0.870. The monoisotopic (exact) mass is 281 g/mol. The molecule has 1 aromatic carbocycles. The van der Waals surface area contributed by atoms with E-state index in [1.807, 2.05) is 17.8 Å². The molecule has 0 saturated heterocycles. The van der Waals surface area contributed by atoms with E-state index in [0.717, 1.165) is 43.4 Å². The summed E-state index contributed by atoms with van der Waals surface area (Å²) < 4.78 is 11.3. The summed E-state index contributed by atoms with van der Waals surface area (Å²) in [5, 5.41) is 3.50. The van der Waals surface area contributed by atoms with Gasteiger partial charge < -0.3 is 14.8 Å². The molecule has 1 aromatic rings. The second-order valence-electron chi connectivity index (χ2n) is 4.83. The summed E-state index contributed by atoms with van der Waals surface area (Å²) >= 11 is 1.86. The van der Waals surface area contributed by atoms with Gasteiger partial charge in [0.05, 0.1) is 13.2 Å². The molecule has 3 nitrogen and oxygen atoms in total. The van der Waals surface area contributed by atoms with Crippen molar-refractivity contribution in [2.75, 3.05) is 25.5 Å². The summed E-state index contributed by atoms with van der Waals surface area (Å²) in [6.07, 6.45) is 2.13. The molecule has 0 aliphatic carbocycles. The first-order chi connectivity index (χ1) is 9.29. The van der Waals surface area contributed by atoms with Crippen LogP contribution in [0.3, 0.4) is 0 Å². The highest BCUT2D eigenvalue weighted by Crippen LogP contribution is 2.33. The van der Waals surface area contributed by atoms with Crippen LogP contribution in [0.1, 0.15) is 26.7 Å². The Labute approximate surface area is 120 Å². The lowest BCUT2D eigenvalue weighted by Gasteiger charge is -2.13. The SMILES string of the molecule is CCCNC(C)CSc1ccc2c(c1)OCCCO2. The van der Waals surface area contributed by atoms with Crippen LogP contribution < -0.4 is 14.8 Å². The third kappa shape index (κ3) is 4.62. The third-order valence-corrected chi connectivity index (χ3v) is 4.22. The minimum atomic E-state index is 0.529. The summed E-state index contributed by atoms with van der Waals surface area (Å²) in [4.78, 5) is 1.24. The maximum absolute atomic E-state index is 5.71. The Morgan fingerprint density at radius 3 is 2.84 bits per heavy atom. The summed E-state index contributed by atoms with van der Waals surface area (Å²) in [5.74, 6) is 2.83. The molecule has 1 aliphatic heterocycles. The largest absolute Gasteiger partial charge is 0.490 e. The van der Waals surface area contributed by atoms with Crippen LogP contribution in [0.5, 0.6) is 11.5 Å². The van der Waals surface area contributed by atoms with Gasteiger partial charge in [0, 0.05) is 23.1 Å². The smallest absolute Gasteiger partial charge is 0.162 e. The lowest BCUT2D eigenvalue weighted by molar-refractivity contribution is 0.297. The number of rotatable bonds is 6. The molecule has 0 radical (unpaired) electrons. The van der Waals surface area contributed by atoms with E-state index in [0.29, 0.717) is 6.04 Å². The molecule has 0 spiro atoms. The van der Waals surface area contributed by atoms with Crippen LogP contribution in [-0.2, 0) is 0 Å². The summed E-state index contributed by atoms with van der Waals surface area (Å²) in [6, 6.07) is 6.76. The van der Waals surface area contributed by atoms with Gasteiger partial charge in [-0.25, -0.2) is 0 Å². The number of hydrogen-bond donors (Lipinski definition) is 1. The summed E-state index contributed by atoms with van der Waals surface area (Å²) in [5.41, 5.74) is 0. The Bertz CT molecular complexity index is 398. The third-order valence-electron chi connectivity index (χ3n) is 2.96. The molecule has 1 aliphatic rings. The first-order valence-electron chi connectivity index (χ1n) is 7.05. The molecule has 4 heteroatoms. The van der Waals surface area contributed by atoms with Crippen LogP contribution in [0, 0.1) is 0 Å². The molecular formula is C15H23NO2S. The van der Waals surface area contributed by atoms with Gasteiger partial charge in [-0.1, -0.05) is 6.92 Å². The van der Waals surface area contributed by atoms with Crippen molar-refractivity contribution in [3.05, 3.63) is 18.2 Å². The molecule has 106 valence electrons. The van der Waals surface area contributed by atoms with Crippen molar-refractivity contribution in [3.63, 3.8) is 0 Å². The molecule has 1 heterocycles. The lowest BCUT2D eigenvalue weighted by Crippen LogP contribution is -2.28. The first kappa shape index (κ1) is 14.5. The van der Waals surface area contributed by atoms with Crippen LogP contribution in [0.2, 0.25) is 0 Å². The second kappa shape index (κ2) is 7.65. The van der Waals surface area contributed by atoms with Gasteiger partial charge >= 0.3 is 0 Å². The highest BCUT2D eigenvalue weighted by atomic mass is 32.2. The number of ether oxygens (including phenoxy) is 2. The van der Waals surface area contributed by atoms with Gasteiger partial charge in [0.25, 0.3) is 0 Å². The van der Waals surface area contributed by atoms with E-state index in [-0.39, 0.29) is 0 Å². The minimum absolute atomic E-state index is 0.529. The molecule has 0 bridgehead atoms. The predicted octanol–water partition coefficient (Wildman–Crippen LogP) is 3.33. The van der Waals surface area contributed by atoms with Crippen LogP contribution in [0.25, 0.3) is 0 Å². The van der Waals surface area contributed by atoms with Crippen LogP contribution >= 0.6 is 11.8 Å². The number of thioether (sulfide) groups is 1. The highest BCUT2D eigenvalue weighted by molar-refractivity contribution is 7.99. The van der Waals surface area contributed by atoms with E-state index in [1.165, 1.54) is 11.3 Å². The first-order valence-corrected chi connectivity index (χ1v) is 8.04. The van der Waals surface area contributed by atoms with Gasteiger partial charge in [-0.15, -0.1) is 11.8 Å². The Morgan fingerprint density at radius 1 is 1.26 bits per heavy atom. The van der Waals surface area contributed by atoms with Gasteiger partial charge in [0.15, 0.2) is 11.5 Å². The fourth-order valence-corrected chi connectivity index (χ4v) is 2.82. The van der Waals surface area contributed by atoms with Crippen molar-refractivity contribution in [1.29, 1.82) is 0 Å². The Balaban J connectivity index is 1.89. The lowest BCUT2D eigenvalue weighted by atomic mass is 10.3. The zero-order valence-electron chi connectivity index (χ0n) is 11.8. The normalized spacial score (nSPS) is 15.9. The molecule has 1 N–H and O–H groups in total. The zero-order chi connectivity index (χ0) is 13.5. The quantitative estimate of drug-likeness (QED) is 0.810. The van der Waals surface area contributed by atoms with E-state index in [2.05, 4.69) is 31.3 Å². The number of hydrogen-bond acceptors (Lipinski definition) is 4. The van der Waals surface area contributed by atoms with Crippen LogP contribution in [0.4, 0.5) is 0 Å². The van der Waals surface area contributed by atoms with E-state index in [4.69, 9.17) is 9.47 Å². The standard InChI is InChI=1S/C15H23NO2S/c1-3-7-16-12(2)11-19-13-5-6-14-15(10-13)18-9-4-8-17-14/h5-6,10,12,16H,3-4,7-9,11H2,1-2H3. The zero-order valence-corrected chi connectivity index (χ0v) is 12.6. The average Bonchev–Trinajstić information content (AvgIpc) is 2.67. The van der Waals surface area contributed by atoms with Crippen molar-refractivity contribution in [3.8, 4) is 11.5 Å². The molecule has 19 heavy (non-hydrogen) atoms. The van der Waals surface area contributed by atoms with Crippen molar-refractivity contribution < 1.29 is 9.47 Å². The number of nitrogens with one attached hydrogen (secondary N) is 1. The van der Waals surface area contributed by atoms with Gasteiger partial charge in [0.1, 0.15) is 0 Å².